The van der Waals surface area contributed by atoms with Crippen LogP contribution in [0.2, 0.25) is 0 Å². The Morgan fingerprint density at radius 2 is 1.68 bits per heavy atom. The third-order valence-electron chi connectivity index (χ3n) is 3.57. The number of fused-ring (bicyclic) bond motifs is 1. The van der Waals surface area contributed by atoms with Crippen molar-refractivity contribution >= 4 is 23.5 Å². The maximum absolute atomic E-state index is 13.1. The van der Waals surface area contributed by atoms with Gasteiger partial charge in [-0.05, 0) is 29.8 Å². The van der Waals surface area contributed by atoms with Gasteiger partial charge in [-0.1, -0.05) is 18.2 Å². The third kappa shape index (κ3) is 2.14. The van der Waals surface area contributed by atoms with Gasteiger partial charge in [-0.25, -0.2) is 0 Å². The number of nitrogens with zero attached hydrogens (tertiary/aromatic N) is 1. The first kappa shape index (κ1) is 13.9. The lowest BCUT2D eigenvalue weighted by molar-refractivity contribution is 0.0642. The van der Waals surface area contributed by atoms with E-state index < -0.39 is 5.97 Å². The zero-order chi connectivity index (χ0) is 15.9. The Morgan fingerprint density at radius 1 is 1.09 bits per heavy atom. The summed E-state index contributed by atoms with van der Waals surface area (Å²) in [6.07, 6.45) is 0. The normalized spacial score (nSPS) is 13.4. The third-order valence-corrected chi connectivity index (χ3v) is 3.57. The Hall–Kier alpha value is -3.02. The van der Waals surface area contributed by atoms with Crippen molar-refractivity contribution in [3.05, 3.63) is 64.7 Å². The highest BCUT2D eigenvalue weighted by Gasteiger charge is 2.34. The fraction of sp³-hybridized carbons (Fsp3) is 0.0625. The van der Waals surface area contributed by atoms with E-state index in [0.29, 0.717) is 16.7 Å². The molecule has 2 amide bonds. The summed E-state index contributed by atoms with van der Waals surface area (Å²) in [7, 11) is 0. The molecule has 0 aliphatic carbocycles. The number of hydrogen-bond donors (Lipinski definition) is 2. The number of rotatable bonds is 3. The summed E-state index contributed by atoms with van der Waals surface area (Å²) in [5, 5.41) is 7.05. The van der Waals surface area contributed by atoms with Crippen LogP contribution in [0.25, 0.3) is 0 Å². The van der Waals surface area contributed by atoms with E-state index in [1.54, 1.807) is 30.3 Å². The van der Waals surface area contributed by atoms with Crippen molar-refractivity contribution in [3.8, 4) is 0 Å². The summed E-state index contributed by atoms with van der Waals surface area (Å²) >= 11 is 0. The zero-order valence-corrected chi connectivity index (χ0v) is 11.5. The van der Waals surface area contributed by atoms with Crippen LogP contribution in [0, 0.1) is 5.41 Å². The SMILES string of the molecule is N=C(F)c1cc(CN2C(=O)c3ccccc3C2=O)ccc1N. The van der Waals surface area contributed by atoms with E-state index in [4.69, 9.17) is 11.1 Å². The van der Waals surface area contributed by atoms with Gasteiger partial charge in [-0.15, -0.1) is 0 Å². The Labute approximate surface area is 125 Å². The van der Waals surface area contributed by atoms with Crippen molar-refractivity contribution in [2.45, 2.75) is 6.54 Å². The highest BCUT2D eigenvalue weighted by molar-refractivity contribution is 6.21. The predicted molar refractivity (Wildman–Crippen MR) is 79.4 cm³/mol. The Balaban J connectivity index is 1.92. The van der Waals surface area contributed by atoms with E-state index in [0.717, 1.165) is 4.90 Å². The summed E-state index contributed by atoms with van der Waals surface area (Å²) in [4.78, 5) is 25.6. The van der Waals surface area contributed by atoms with Crippen molar-refractivity contribution < 1.29 is 14.0 Å². The molecule has 1 aliphatic heterocycles. The molecule has 1 aliphatic rings. The molecule has 0 bridgehead atoms. The molecule has 0 radical (unpaired) electrons. The molecule has 110 valence electrons. The van der Waals surface area contributed by atoms with E-state index in [1.165, 1.54) is 12.1 Å². The van der Waals surface area contributed by atoms with Crippen LogP contribution in [-0.2, 0) is 6.54 Å². The van der Waals surface area contributed by atoms with Crippen LogP contribution >= 0.6 is 0 Å². The van der Waals surface area contributed by atoms with Gasteiger partial charge in [-0.2, -0.15) is 4.39 Å². The highest BCUT2D eigenvalue weighted by Crippen LogP contribution is 2.25. The summed E-state index contributed by atoms with van der Waals surface area (Å²) < 4.78 is 13.1. The number of carbonyl (C=O) groups is 2. The molecule has 0 atom stereocenters. The average Bonchev–Trinajstić information content (AvgIpc) is 2.74. The van der Waals surface area contributed by atoms with Crippen LogP contribution in [0.4, 0.5) is 10.1 Å². The van der Waals surface area contributed by atoms with Crippen molar-refractivity contribution in [3.63, 3.8) is 0 Å². The van der Waals surface area contributed by atoms with Gasteiger partial charge in [0.2, 0.25) is 5.97 Å². The van der Waals surface area contributed by atoms with Crippen LogP contribution in [0.3, 0.4) is 0 Å². The first-order chi connectivity index (χ1) is 10.5. The van der Waals surface area contributed by atoms with Crippen molar-refractivity contribution in [2.75, 3.05) is 5.73 Å². The molecule has 1 heterocycles. The molecule has 22 heavy (non-hydrogen) atoms. The van der Waals surface area contributed by atoms with Gasteiger partial charge in [-0.3, -0.25) is 19.9 Å². The lowest BCUT2D eigenvalue weighted by atomic mass is 10.1. The Morgan fingerprint density at radius 3 is 2.23 bits per heavy atom. The molecular weight excluding hydrogens is 285 g/mol. The largest absolute Gasteiger partial charge is 0.398 e. The number of imide groups is 1. The molecule has 2 aromatic rings. The topological polar surface area (TPSA) is 87.2 Å². The van der Waals surface area contributed by atoms with Crippen LogP contribution < -0.4 is 5.73 Å². The molecule has 5 nitrogen and oxygen atoms in total. The average molecular weight is 297 g/mol. The number of benzene rings is 2. The van der Waals surface area contributed by atoms with Gasteiger partial charge >= 0.3 is 0 Å². The van der Waals surface area contributed by atoms with E-state index in [-0.39, 0.29) is 29.6 Å². The summed E-state index contributed by atoms with van der Waals surface area (Å²) in [5.41, 5.74) is 6.94. The summed E-state index contributed by atoms with van der Waals surface area (Å²) in [5.74, 6) is -1.91. The molecule has 6 heteroatoms. The van der Waals surface area contributed by atoms with Gasteiger partial charge in [0, 0.05) is 5.69 Å². The molecular formula is C16H12FN3O2. The maximum Gasteiger partial charge on any atom is 0.261 e. The number of amides is 2. The lowest BCUT2D eigenvalue weighted by Gasteiger charge is -2.14. The summed E-state index contributed by atoms with van der Waals surface area (Å²) in [6, 6.07) is 11.0. The molecule has 0 unspecified atom stereocenters. The number of halogens is 1. The van der Waals surface area contributed by atoms with Gasteiger partial charge in [0.1, 0.15) is 0 Å². The number of nitrogens with two attached hydrogens (primary N) is 1. The number of nitrogen functional groups attached to an aromatic ring is 1. The van der Waals surface area contributed by atoms with E-state index in [1.807, 2.05) is 0 Å². The Kier molecular flexibility index (Phi) is 3.21. The highest BCUT2D eigenvalue weighted by atomic mass is 19.1. The molecule has 0 saturated carbocycles. The number of nitrogens with one attached hydrogen (secondary N) is 1. The van der Waals surface area contributed by atoms with Crippen molar-refractivity contribution in [1.82, 2.24) is 4.90 Å². The van der Waals surface area contributed by atoms with Crippen molar-refractivity contribution in [1.29, 1.82) is 5.41 Å². The van der Waals surface area contributed by atoms with Crippen LogP contribution in [0.1, 0.15) is 31.8 Å². The minimum Gasteiger partial charge on any atom is -0.398 e. The second-order valence-electron chi connectivity index (χ2n) is 4.98. The second kappa shape index (κ2) is 5.07. The lowest BCUT2D eigenvalue weighted by Crippen LogP contribution is -2.29. The molecule has 0 spiro atoms. The van der Waals surface area contributed by atoms with Gasteiger partial charge in [0.25, 0.3) is 11.8 Å². The van der Waals surface area contributed by atoms with Crippen LogP contribution in [0.5, 0.6) is 0 Å². The van der Waals surface area contributed by atoms with Gasteiger partial charge < -0.3 is 5.73 Å². The molecule has 3 rings (SSSR count). The fourth-order valence-corrected chi connectivity index (χ4v) is 2.46. The monoisotopic (exact) mass is 297 g/mol. The summed E-state index contributed by atoms with van der Waals surface area (Å²) in [6.45, 7) is 0.00685. The maximum atomic E-state index is 13.1. The van der Waals surface area contributed by atoms with Crippen molar-refractivity contribution in [2.24, 2.45) is 0 Å². The fourth-order valence-electron chi connectivity index (χ4n) is 2.46. The molecule has 0 aromatic heterocycles. The number of carbonyl (C=O) groups excluding carboxylic acids is 2. The Bertz CT molecular complexity index is 782. The molecule has 3 N–H and O–H groups in total. The molecule has 2 aromatic carbocycles. The van der Waals surface area contributed by atoms with E-state index in [2.05, 4.69) is 0 Å². The smallest absolute Gasteiger partial charge is 0.261 e. The van der Waals surface area contributed by atoms with E-state index in [9.17, 15) is 14.0 Å². The van der Waals surface area contributed by atoms with Gasteiger partial charge in [0.15, 0.2) is 0 Å². The standard InChI is InChI=1S/C16H12FN3O2/c17-14(19)12-7-9(5-6-13(12)18)8-20-15(21)10-3-1-2-4-11(10)16(20)22/h1-7,19H,8,18H2. The minimum absolute atomic E-state index is 0.00685. The zero-order valence-electron chi connectivity index (χ0n) is 11.5. The van der Waals surface area contributed by atoms with E-state index >= 15 is 0 Å². The van der Waals surface area contributed by atoms with Crippen LogP contribution in [0.15, 0.2) is 42.5 Å². The second-order valence-corrected chi connectivity index (χ2v) is 4.98. The minimum atomic E-state index is -1.15. The first-order valence-electron chi connectivity index (χ1n) is 6.57. The molecule has 0 saturated heterocycles. The quantitative estimate of drug-likeness (QED) is 0.518. The number of anilines is 1. The molecule has 0 fully saturated rings. The number of hydrogen-bond acceptors (Lipinski definition) is 4. The predicted octanol–water partition coefficient (Wildman–Crippen LogP) is 2.36. The van der Waals surface area contributed by atoms with Gasteiger partial charge in [0.05, 0.1) is 23.2 Å². The van der Waals surface area contributed by atoms with Crippen LogP contribution in [-0.4, -0.2) is 22.7 Å². The first-order valence-corrected chi connectivity index (χ1v) is 6.57.